The summed E-state index contributed by atoms with van der Waals surface area (Å²) in [5.74, 6) is 0. The molecule has 4 nitrogen and oxygen atoms in total. The molecule has 0 radical (unpaired) electrons. The first-order valence-electron chi connectivity index (χ1n) is 3.40. The Bertz CT molecular complexity index is 159. The van der Waals surface area contributed by atoms with Crippen molar-refractivity contribution in [1.82, 2.24) is 0 Å². The molecule has 0 bridgehead atoms. The van der Waals surface area contributed by atoms with Crippen LogP contribution < -0.4 is 0 Å². The smallest absolute Gasteiger partial charge is 0.0324 e. The highest BCUT2D eigenvalue weighted by Gasteiger charge is 1.69. The Kier molecular flexibility index (Phi) is 7.64. The Morgan fingerprint density at radius 3 is 1.64 bits per heavy atom. The van der Waals surface area contributed by atoms with Gasteiger partial charge in [0.2, 0.25) is 0 Å². The normalized spacial score (nSPS) is 13.3. The summed E-state index contributed by atoms with van der Waals surface area (Å²) in [5, 5.41) is 14.6. The van der Waals surface area contributed by atoms with Crippen molar-refractivity contribution in [3.8, 4) is 0 Å². The third kappa shape index (κ3) is 8.68. The summed E-state index contributed by atoms with van der Waals surface area (Å²) in [6, 6.07) is 0. The fourth-order valence-electron chi connectivity index (χ4n) is 0.369. The lowest BCUT2D eigenvalue weighted by Crippen LogP contribution is -1.75. The average molecular weight is 152 g/mol. The predicted octanol–water partition coefficient (Wildman–Crippen LogP) is 1.53. The topological polar surface area (TPSA) is 49.4 Å². The lowest BCUT2D eigenvalue weighted by atomic mass is 10.5. The summed E-state index contributed by atoms with van der Waals surface area (Å²) in [6.45, 7) is 3.62. The van der Waals surface area contributed by atoms with E-state index in [9.17, 15) is 0 Å². The van der Waals surface area contributed by atoms with Crippen molar-refractivity contribution in [1.29, 1.82) is 0 Å². The first kappa shape index (κ1) is 9.68. The van der Waals surface area contributed by atoms with Crippen LogP contribution in [0.15, 0.2) is 20.4 Å². The zero-order valence-electron chi connectivity index (χ0n) is 6.81. The molecule has 0 saturated heterocycles. The maximum absolute atomic E-state index is 3.69. The van der Waals surface area contributed by atoms with Gasteiger partial charge in [0.25, 0.3) is 0 Å². The molecule has 60 valence electrons. The molecule has 0 unspecified atom stereocenters. The van der Waals surface area contributed by atoms with Crippen LogP contribution in [0.25, 0.3) is 0 Å². The van der Waals surface area contributed by atoms with Crippen LogP contribution in [0.4, 0.5) is 0 Å². The van der Waals surface area contributed by atoms with Gasteiger partial charge in [0.05, 0.1) is 0 Å². The van der Waals surface area contributed by atoms with Crippen LogP contribution in [-0.2, 0) is 0 Å². The van der Waals surface area contributed by atoms with Gasteiger partial charge in [-0.3, -0.25) is 0 Å². The largest absolute Gasteiger partial charge is 0.164 e. The molecule has 0 aromatic heterocycles. The maximum Gasteiger partial charge on any atom is 0.0324 e. The minimum Gasteiger partial charge on any atom is -0.164 e. The molecule has 0 spiro atoms. The molecular formula is C7H12N4. The van der Waals surface area contributed by atoms with Crippen LogP contribution >= 0.6 is 0 Å². The van der Waals surface area contributed by atoms with Crippen molar-refractivity contribution in [2.24, 2.45) is 20.4 Å². The van der Waals surface area contributed by atoms with Gasteiger partial charge in [0.1, 0.15) is 0 Å². The van der Waals surface area contributed by atoms with Crippen LogP contribution in [0.1, 0.15) is 20.3 Å². The molecule has 0 aliphatic heterocycles. The number of rotatable bonds is 4. The van der Waals surface area contributed by atoms with E-state index in [-0.39, 0.29) is 0 Å². The molecule has 0 aliphatic rings. The first-order chi connectivity index (χ1) is 5.41. The predicted molar refractivity (Wildman–Crippen MR) is 49.9 cm³/mol. The molecule has 11 heavy (non-hydrogen) atoms. The van der Waals surface area contributed by atoms with Gasteiger partial charge in [-0.05, 0) is 13.8 Å². The van der Waals surface area contributed by atoms with Gasteiger partial charge in [0.15, 0.2) is 0 Å². The van der Waals surface area contributed by atoms with Crippen molar-refractivity contribution in [3.05, 3.63) is 0 Å². The Morgan fingerprint density at radius 2 is 1.27 bits per heavy atom. The minimum atomic E-state index is 0.661. The summed E-state index contributed by atoms with van der Waals surface area (Å²) in [4.78, 5) is 0. The molecule has 0 aromatic carbocycles. The van der Waals surface area contributed by atoms with E-state index in [1.165, 1.54) is 0 Å². The second-order valence-electron chi connectivity index (χ2n) is 1.58. The zero-order chi connectivity index (χ0) is 8.36. The fraction of sp³-hybridized carbons (Fsp3) is 0.429. The van der Waals surface area contributed by atoms with E-state index in [1.54, 1.807) is 24.9 Å². The SMILES string of the molecule is CC=NN=CCC=NN=CC. The van der Waals surface area contributed by atoms with Crippen molar-refractivity contribution < 1.29 is 0 Å². The second kappa shape index (κ2) is 8.68. The van der Waals surface area contributed by atoms with Crippen LogP contribution in [0.5, 0.6) is 0 Å². The van der Waals surface area contributed by atoms with E-state index >= 15 is 0 Å². The molecular weight excluding hydrogens is 140 g/mol. The third-order valence-corrected chi connectivity index (χ3v) is 0.738. The summed E-state index contributed by atoms with van der Waals surface area (Å²) in [6.07, 6.45) is 7.23. The zero-order valence-corrected chi connectivity index (χ0v) is 6.81. The fourth-order valence-corrected chi connectivity index (χ4v) is 0.369. The summed E-state index contributed by atoms with van der Waals surface area (Å²) in [5.41, 5.74) is 0. The van der Waals surface area contributed by atoms with Crippen LogP contribution in [-0.4, -0.2) is 24.9 Å². The quantitative estimate of drug-likeness (QED) is 0.433. The Labute approximate surface area is 66.5 Å². The third-order valence-electron chi connectivity index (χ3n) is 0.738. The van der Waals surface area contributed by atoms with E-state index in [0.717, 1.165) is 0 Å². The summed E-state index contributed by atoms with van der Waals surface area (Å²) < 4.78 is 0. The molecule has 4 heteroatoms. The van der Waals surface area contributed by atoms with Gasteiger partial charge >= 0.3 is 0 Å². The van der Waals surface area contributed by atoms with Gasteiger partial charge in [0, 0.05) is 31.3 Å². The van der Waals surface area contributed by atoms with Crippen LogP contribution in [0, 0.1) is 0 Å². The molecule has 0 rings (SSSR count). The van der Waals surface area contributed by atoms with E-state index in [1.807, 2.05) is 13.8 Å². The highest BCUT2D eigenvalue weighted by molar-refractivity contribution is 5.79. The molecule has 0 aromatic rings. The highest BCUT2D eigenvalue weighted by atomic mass is 15.2. The lowest BCUT2D eigenvalue weighted by molar-refractivity contribution is 1.23. The number of nitrogens with zero attached hydrogens (tertiary/aromatic N) is 4. The van der Waals surface area contributed by atoms with Gasteiger partial charge in [-0.15, -0.1) is 0 Å². The van der Waals surface area contributed by atoms with Crippen molar-refractivity contribution in [3.63, 3.8) is 0 Å². The molecule has 0 heterocycles. The van der Waals surface area contributed by atoms with E-state index in [4.69, 9.17) is 0 Å². The van der Waals surface area contributed by atoms with Gasteiger partial charge < -0.3 is 0 Å². The van der Waals surface area contributed by atoms with E-state index in [0.29, 0.717) is 6.42 Å². The van der Waals surface area contributed by atoms with Crippen molar-refractivity contribution in [2.45, 2.75) is 20.3 Å². The molecule has 0 aliphatic carbocycles. The van der Waals surface area contributed by atoms with E-state index in [2.05, 4.69) is 20.4 Å². The van der Waals surface area contributed by atoms with Crippen molar-refractivity contribution in [2.75, 3.05) is 0 Å². The van der Waals surface area contributed by atoms with Gasteiger partial charge in [-0.1, -0.05) is 0 Å². The van der Waals surface area contributed by atoms with Crippen LogP contribution in [0.2, 0.25) is 0 Å². The van der Waals surface area contributed by atoms with Gasteiger partial charge in [-0.2, -0.15) is 20.4 Å². The molecule has 0 atom stereocenters. The minimum absolute atomic E-state index is 0.661. The molecule has 0 fully saturated rings. The summed E-state index contributed by atoms with van der Waals surface area (Å²) in [7, 11) is 0. The van der Waals surface area contributed by atoms with Crippen molar-refractivity contribution >= 4 is 24.9 Å². The summed E-state index contributed by atoms with van der Waals surface area (Å²) >= 11 is 0. The average Bonchev–Trinajstić information content (AvgIpc) is 2.03. The Balaban J connectivity index is 3.40. The monoisotopic (exact) mass is 152 g/mol. The van der Waals surface area contributed by atoms with Gasteiger partial charge in [-0.25, -0.2) is 0 Å². The Hall–Kier alpha value is -1.32. The molecule has 0 N–H and O–H groups in total. The Morgan fingerprint density at radius 1 is 0.818 bits per heavy atom. The molecule has 0 saturated carbocycles. The molecule has 0 amide bonds. The standard InChI is InChI=1S/C7H12N4/c1-3-8-10-6-5-7-11-9-4-2/h3-4,6-7H,5H2,1-2H3. The van der Waals surface area contributed by atoms with Crippen LogP contribution in [0.3, 0.4) is 0 Å². The number of hydrogen-bond donors (Lipinski definition) is 0. The highest BCUT2D eigenvalue weighted by Crippen LogP contribution is 1.73. The second-order valence-corrected chi connectivity index (χ2v) is 1.58. The first-order valence-corrected chi connectivity index (χ1v) is 3.40. The number of hydrogen-bond acceptors (Lipinski definition) is 4. The van der Waals surface area contributed by atoms with E-state index < -0.39 is 0 Å². The maximum atomic E-state index is 3.69. The lowest BCUT2D eigenvalue weighted by Gasteiger charge is -1.76.